The molecule has 0 fully saturated rings. The average Bonchev–Trinajstić information content (AvgIpc) is 2.29. The maximum absolute atomic E-state index is 12.5. The molecule has 2 atom stereocenters. The molecule has 0 saturated heterocycles. The monoisotopic (exact) mass is 272 g/mol. The Labute approximate surface area is 106 Å². The van der Waals surface area contributed by atoms with Crippen LogP contribution in [-0.2, 0) is 9.92 Å². The highest BCUT2D eigenvalue weighted by molar-refractivity contribution is 7.91. The first-order valence-corrected chi connectivity index (χ1v) is 6.76. The quantitative estimate of drug-likeness (QED) is 0.626. The van der Waals surface area contributed by atoms with Gasteiger partial charge in [-0.2, -0.15) is 5.26 Å². The molecular formula is C10H13ClN4OS. The number of nitriles is 1. The van der Waals surface area contributed by atoms with E-state index in [4.69, 9.17) is 16.9 Å². The highest BCUT2D eigenvalue weighted by atomic mass is 35.5. The Hall–Kier alpha value is -1.16. The Balaban J connectivity index is 3.24. The predicted octanol–water partition coefficient (Wildman–Crippen LogP) is 2.22. The first-order chi connectivity index (χ1) is 7.91. The fraction of sp³-hybridized carbons (Fsp3) is 0.400. The molecule has 1 aromatic heterocycles. The van der Waals surface area contributed by atoms with Gasteiger partial charge in [-0.25, -0.2) is 13.5 Å². The molecule has 0 aliphatic carbocycles. The first-order valence-electron chi connectivity index (χ1n) is 4.85. The Morgan fingerprint density at radius 3 is 2.65 bits per heavy atom. The largest absolute Gasteiger partial charge is 0.244 e. The lowest BCUT2D eigenvalue weighted by Crippen LogP contribution is -2.26. The summed E-state index contributed by atoms with van der Waals surface area (Å²) in [5.74, 6) is 0. The van der Waals surface area contributed by atoms with E-state index in [1.54, 1.807) is 45.5 Å². The summed E-state index contributed by atoms with van der Waals surface area (Å²) < 4.78 is 17.6. The number of hydrogen-bond acceptors (Lipinski definition) is 4. The fourth-order valence-electron chi connectivity index (χ4n) is 1.34. The van der Waals surface area contributed by atoms with Crippen molar-refractivity contribution in [2.24, 2.45) is 4.36 Å². The fourth-order valence-corrected chi connectivity index (χ4v) is 3.02. The van der Waals surface area contributed by atoms with Gasteiger partial charge in [0.25, 0.3) is 0 Å². The van der Waals surface area contributed by atoms with Gasteiger partial charge in [-0.05, 0) is 18.6 Å². The Bertz CT molecular complexity index is 540. The number of hydrogen-bond donors (Lipinski definition) is 0. The summed E-state index contributed by atoms with van der Waals surface area (Å²) in [4.78, 5) is 3.93. The number of pyridine rings is 1. The minimum absolute atomic E-state index is 0.370. The first kappa shape index (κ1) is 13.9. The van der Waals surface area contributed by atoms with Crippen molar-refractivity contribution in [2.75, 3.05) is 14.1 Å². The van der Waals surface area contributed by atoms with Crippen molar-refractivity contribution < 1.29 is 4.21 Å². The number of halogens is 1. The zero-order valence-electron chi connectivity index (χ0n) is 9.79. The second-order valence-electron chi connectivity index (χ2n) is 3.60. The van der Waals surface area contributed by atoms with Crippen molar-refractivity contribution in [3.05, 3.63) is 29.0 Å². The van der Waals surface area contributed by atoms with Crippen LogP contribution < -0.4 is 0 Å². The van der Waals surface area contributed by atoms with E-state index in [9.17, 15) is 4.21 Å². The molecule has 0 aliphatic heterocycles. The SMILES string of the molecule is CC(c1ccc(Cl)nc1)S(=O)(=NC#N)N(C)C. The summed E-state index contributed by atoms with van der Waals surface area (Å²) in [6, 6.07) is 3.35. The van der Waals surface area contributed by atoms with Crippen molar-refractivity contribution in [2.45, 2.75) is 12.2 Å². The Morgan fingerprint density at radius 1 is 1.59 bits per heavy atom. The van der Waals surface area contributed by atoms with Gasteiger partial charge in [0.2, 0.25) is 6.19 Å². The van der Waals surface area contributed by atoms with E-state index < -0.39 is 15.2 Å². The Kier molecular flexibility index (Phi) is 4.46. The molecule has 0 saturated carbocycles. The van der Waals surface area contributed by atoms with E-state index in [0.717, 1.165) is 5.56 Å². The van der Waals surface area contributed by atoms with E-state index in [0.29, 0.717) is 5.15 Å². The highest BCUT2D eigenvalue weighted by Gasteiger charge is 2.23. The van der Waals surface area contributed by atoms with Gasteiger partial charge in [-0.1, -0.05) is 17.7 Å². The summed E-state index contributed by atoms with van der Waals surface area (Å²) >= 11 is 5.69. The third-order valence-electron chi connectivity index (χ3n) is 2.38. The third-order valence-corrected chi connectivity index (χ3v) is 5.18. The molecule has 0 aliphatic rings. The molecule has 92 valence electrons. The van der Waals surface area contributed by atoms with Gasteiger partial charge in [0.1, 0.15) is 15.1 Å². The maximum atomic E-state index is 12.5. The molecule has 0 radical (unpaired) electrons. The summed E-state index contributed by atoms with van der Waals surface area (Å²) in [7, 11) is 0.470. The molecule has 5 nitrogen and oxygen atoms in total. The second-order valence-corrected chi connectivity index (χ2v) is 6.68. The van der Waals surface area contributed by atoms with Gasteiger partial charge >= 0.3 is 0 Å². The van der Waals surface area contributed by atoms with E-state index in [1.807, 2.05) is 0 Å². The summed E-state index contributed by atoms with van der Waals surface area (Å²) in [5, 5.41) is 8.57. The molecule has 0 spiro atoms. The van der Waals surface area contributed by atoms with Crippen LogP contribution in [0.5, 0.6) is 0 Å². The van der Waals surface area contributed by atoms with Crippen LogP contribution >= 0.6 is 11.6 Å². The van der Waals surface area contributed by atoms with Crippen LogP contribution in [0.1, 0.15) is 17.7 Å². The molecule has 0 aromatic carbocycles. The average molecular weight is 273 g/mol. The highest BCUT2D eigenvalue weighted by Crippen LogP contribution is 2.25. The molecule has 0 bridgehead atoms. The van der Waals surface area contributed by atoms with Gasteiger partial charge in [0.05, 0.1) is 5.25 Å². The van der Waals surface area contributed by atoms with Crippen molar-refractivity contribution >= 4 is 21.5 Å². The van der Waals surface area contributed by atoms with Crippen LogP contribution in [0.15, 0.2) is 22.7 Å². The van der Waals surface area contributed by atoms with Crippen molar-refractivity contribution in [1.29, 1.82) is 5.26 Å². The van der Waals surface area contributed by atoms with Gasteiger partial charge in [0.15, 0.2) is 0 Å². The van der Waals surface area contributed by atoms with Crippen molar-refractivity contribution in [3.63, 3.8) is 0 Å². The van der Waals surface area contributed by atoms with Gasteiger partial charge < -0.3 is 0 Å². The van der Waals surface area contributed by atoms with Crippen LogP contribution in [0.4, 0.5) is 0 Å². The maximum Gasteiger partial charge on any atom is 0.215 e. The Morgan fingerprint density at radius 2 is 2.24 bits per heavy atom. The van der Waals surface area contributed by atoms with E-state index in [-0.39, 0.29) is 0 Å². The lowest BCUT2D eigenvalue weighted by molar-refractivity contribution is 0.582. The summed E-state index contributed by atoms with van der Waals surface area (Å²) in [6.45, 7) is 1.74. The molecule has 0 N–H and O–H groups in total. The molecule has 7 heteroatoms. The molecule has 1 heterocycles. The molecule has 1 aromatic rings. The van der Waals surface area contributed by atoms with Gasteiger partial charge in [-0.3, -0.25) is 0 Å². The van der Waals surface area contributed by atoms with E-state index >= 15 is 0 Å². The molecule has 17 heavy (non-hydrogen) atoms. The lowest BCUT2D eigenvalue weighted by Gasteiger charge is -2.21. The zero-order chi connectivity index (χ0) is 13.1. The smallest absolute Gasteiger partial charge is 0.215 e. The third kappa shape index (κ3) is 2.94. The van der Waals surface area contributed by atoms with Crippen LogP contribution in [0.2, 0.25) is 5.15 Å². The minimum Gasteiger partial charge on any atom is -0.244 e. The summed E-state index contributed by atoms with van der Waals surface area (Å²) in [6.07, 6.45) is 3.16. The number of aromatic nitrogens is 1. The van der Waals surface area contributed by atoms with Crippen LogP contribution in [0.3, 0.4) is 0 Å². The topological polar surface area (TPSA) is 69.3 Å². The zero-order valence-corrected chi connectivity index (χ0v) is 11.4. The van der Waals surface area contributed by atoms with Crippen LogP contribution in [0.25, 0.3) is 0 Å². The van der Waals surface area contributed by atoms with Crippen LogP contribution in [-0.4, -0.2) is 27.6 Å². The predicted molar refractivity (Wildman–Crippen MR) is 67.5 cm³/mol. The molecular weight excluding hydrogens is 260 g/mol. The molecule has 0 amide bonds. The van der Waals surface area contributed by atoms with Crippen molar-refractivity contribution in [3.8, 4) is 6.19 Å². The minimum atomic E-state index is -2.79. The molecule has 1 rings (SSSR count). The number of nitrogens with zero attached hydrogens (tertiary/aromatic N) is 4. The van der Waals surface area contributed by atoms with Crippen LogP contribution in [0, 0.1) is 11.5 Å². The number of rotatable bonds is 3. The second kappa shape index (κ2) is 5.45. The van der Waals surface area contributed by atoms with E-state index in [2.05, 4.69) is 9.35 Å². The normalized spacial score (nSPS) is 16.0. The van der Waals surface area contributed by atoms with E-state index in [1.165, 1.54) is 4.31 Å². The van der Waals surface area contributed by atoms with Crippen molar-refractivity contribution in [1.82, 2.24) is 9.29 Å². The van der Waals surface area contributed by atoms with Gasteiger partial charge in [-0.15, -0.1) is 4.36 Å². The van der Waals surface area contributed by atoms with Gasteiger partial charge in [0, 0.05) is 20.3 Å². The standard InChI is InChI=1S/C10H13ClN4OS/c1-8(9-4-5-10(11)13-6-9)17(16,14-7-12)15(2)3/h4-6,8H,1-3H3. The summed E-state index contributed by atoms with van der Waals surface area (Å²) in [5.41, 5.74) is 0.729. The lowest BCUT2D eigenvalue weighted by atomic mass is 10.2. The molecule has 2 unspecified atom stereocenters.